The van der Waals surface area contributed by atoms with Gasteiger partial charge >= 0.3 is 0 Å². The van der Waals surface area contributed by atoms with Crippen LogP contribution in [0.5, 0.6) is 0 Å². The second kappa shape index (κ2) is 8.79. The van der Waals surface area contributed by atoms with Crippen molar-refractivity contribution < 1.29 is 4.74 Å². The first-order valence-electron chi connectivity index (χ1n) is 10.7. The predicted molar refractivity (Wildman–Crippen MR) is 118 cm³/mol. The van der Waals surface area contributed by atoms with Crippen LogP contribution in [0.15, 0.2) is 42.9 Å². The van der Waals surface area contributed by atoms with Crippen molar-refractivity contribution in [2.75, 3.05) is 61.1 Å². The third-order valence-electron chi connectivity index (χ3n) is 5.93. The van der Waals surface area contributed by atoms with Crippen molar-refractivity contribution in [3.8, 4) is 0 Å². The van der Waals surface area contributed by atoms with E-state index in [0.29, 0.717) is 11.9 Å². The number of pyridine rings is 2. The smallest absolute Gasteiger partial charge is 0.222 e. The van der Waals surface area contributed by atoms with Gasteiger partial charge in [0, 0.05) is 62.8 Å². The van der Waals surface area contributed by atoms with E-state index in [1.165, 1.54) is 0 Å². The molecule has 2 fully saturated rings. The molecule has 0 aliphatic carbocycles. The summed E-state index contributed by atoms with van der Waals surface area (Å²) >= 11 is 0. The van der Waals surface area contributed by atoms with Crippen LogP contribution in [0, 0.1) is 5.92 Å². The first-order valence-corrected chi connectivity index (χ1v) is 10.7. The zero-order valence-corrected chi connectivity index (χ0v) is 17.1. The number of ether oxygens (including phenoxy) is 1. The number of nitrogens with one attached hydrogen (secondary N) is 1. The molecular formula is C22H27N7O. The number of rotatable bonds is 5. The quantitative estimate of drug-likeness (QED) is 0.694. The number of anilines is 3. The summed E-state index contributed by atoms with van der Waals surface area (Å²) in [6, 6.07) is 8.08. The lowest BCUT2D eigenvalue weighted by molar-refractivity contribution is 0.122. The molecule has 5 heterocycles. The standard InChI is InChI=1S/C22H27N7O/c1-3-18-19(23-6-1)15-20(28-11-13-30-14-12-28)27-21(18)29-9-4-17(5-10-29)16-26-22-24-7-2-8-25-22/h1-3,6-8,15,17H,4-5,9-14,16H2,(H,24,25,26). The Morgan fingerprint density at radius 2 is 1.70 bits per heavy atom. The van der Waals surface area contributed by atoms with E-state index in [1.807, 2.05) is 18.3 Å². The van der Waals surface area contributed by atoms with E-state index in [2.05, 4.69) is 42.2 Å². The van der Waals surface area contributed by atoms with E-state index in [0.717, 1.165) is 81.3 Å². The summed E-state index contributed by atoms with van der Waals surface area (Å²) in [4.78, 5) is 22.9. The molecule has 5 rings (SSSR count). The highest BCUT2D eigenvalue weighted by atomic mass is 16.5. The van der Waals surface area contributed by atoms with Gasteiger partial charge in [-0.15, -0.1) is 0 Å². The highest BCUT2D eigenvalue weighted by Crippen LogP contribution is 2.31. The molecule has 2 saturated heterocycles. The Bertz CT molecular complexity index is 970. The summed E-state index contributed by atoms with van der Waals surface area (Å²) in [5, 5.41) is 4.49. The Labute approximate surface area is 176 Å². The molecule has 8 nitrogen and oxygen atoms in total. The highest BCUT2D eigenvalue weighted by molar-refractivity contribution is 5.91. The molecule has 0 unspecified atom stereocenters. The van der Waals surface area contributed by atoms with Crippen LogP contribution in [-0.2, 0) is 4.74 Å². The number of hydrogen-bond donors (Lipinski definition) is 1. The maximum absolute atomic E-state index is 5.51. The van der Waals surface area contributed by atoms with Crippen LogP contribution < -0.4 is 15.1 Å². The van der Waals surface area contributed by atoms with Gasteiger partial charge in [-0.2, -0.15) is 0 Å². The molecule has 3 aromatic rings. The fourth-order valence-electron chi connectivity index (χ4n) is 4.22. The Morgan fingerprint density at radius 1 is 0.933 bits per heavy atom. The number of morpholine rings is 1. The molecule has 156 valence electrons. The van der Waals surface area contributed by atoms with Gasteiger partial charge in [-0.3, -0.25) is 4.98 Å². The second-order valence-electron chi connectivity index (χ2n) is 7.86. The zero-order valence-electron chi connectivity index (χ0n) is 17.1. The van der Waals surface area contributed by atoms with E-state index in [9.17, 15) is 0 Å². The summed E-state index contributed by atoms with van der Waals surface area (Å²) in [5.74, 6) is 3.37. The number of piperidine rings is 1. The van der Waals surface area contributed by atoms with E-state index < -0.39 is 0 Å². The third kappa shape index (κ3) is 4.14. The van der Waals surface area contributed by atoms with Crippen LogP contribution in [0.25, 0.3) is 10.9 Å². The van der Waals surface area contributed by atoms with Crippen LogP contribution in [-0.4, -0.2) is 65.9 Å². The number of nitrogens with zero attached hydrogens (tertiary/aromatic N) is 6. The van der Waals surface area contributed by atoms with Crippen molar-refractivity contribution in [2.24, 2.45) is 5.92 Å². The number of hydrogen-bond acceptors (Lipinski definition) is 8. The van der Waals surface area contributed by atoms with Crippen LogP contribution >= 0.6 is 0 Å². The van der Waals surface area contributed by atoms with Gasteiger partial charge in [0.05, 0.1) is 18.7 Å². The molecule has 2 aliphatic heterocycles. The Kier molecular flexibility index (Phi) is 5.56. The minimum atomic E-state index is 0.608. The van der Waals surface area contributed by atoms with Gasteiger partial charge in [-0.25, -0.2) is 15.0 Å². The highest BCUT2D eigenvalue weighted by Gasteiger charge is 2.23. The molecule has 0 saturated carbocycles. The van der Waals surface area contributed by atoms with Gasteiger partial charge in [0.25, 0.3) is 0 Å². The van der Waals surface area contributed by atoms with E-state index >= 15 is 0 Å². The molecule has 0 aromatic carbocycles. The van der Waals surface area contributed by atoms with Crippen molar-refractivity contribution in [1.29, 1.82) is 0 Å². The summed E-state index contributed by atoms with van der Waals surface area (Å²) in [6.07, 6.45) is 7.63. The first-order chi connectivity index (χ1) is 14.9. The Hall–Kier alpha value is -3.00. The molecule has 0 atom stereocenters. The van der Waals surface area contributed by atoms with E-state index in [1.54, 1.807) is 12.4 Å². The van der Waals surface area contributed by atoms with Crippen molar-refractivity contribution in [2.45, 2.75) is 12.8 Å². The molecule has 0 spiro atoms. The Morgan fingerprint density at radius 3 is 2.50 bits per heavy atom. The topological polar surface area (TPSA) is 79.3 Å². The normalized spacial score (nSPS) is 18.0. The third-order valence-corrected chi connectivity index (χ3v) is 5.93. The number of fused-ring (bicyclic) bond motifs is 1. The van der Waals surface area contributed by atoms with Crippen LogP contribution in [0.3, 0.4) is 0 Å². The molecule has 0 amide bonds. The molecule has 2 aliphatic rings. The minimum absolute atomic E-state index is 0.608. The first kappa shape index (κ1) is 19.0. The van der Waals surface area contributed by atoms with Gasteiger partial charge < -0.3 is 19.9 Å². The van der Waals surface area contributed by atoms with Crippen molar-refractivity contribution in [1.82, 2.24) is 19.9 Å². The fraction of sp³-hybridized carbons (Fsp3) is 0.455. The average Bonchev–Trinajstić information content (AvgIpc) is 2.83. The van der Waals surface area contributed by atoms with Gasteiger partial charge in [-0.1, -0.05) is 0 Å². The zero-order chi connectivity index (χ0) is 20.2. The molecular weight excluding hydrogens is 378 g/mol. The fourth-order valence-corrected chi connectivity index (χ4v) is 4.22. The number of aromatic nitrogens is 4. The van der Waals surface area contributed by atoms with Crippen molar-refractivity contribution in [3.63, 3.8) is 0 Å². The largest absolute Gasteiger partial charge is 0.378 e. The summed E-state index contributed by atoms with van der Waals surface area (Å²) < 4.78 is 5.51. The second-order valence-corrected chi connectivity index (χ2v) is 7.86. The average molecular weight is 406 g/mol. The van der Waals surface area contributed by atoms with E-state index in [-0.39, 0.29) is 0 Å². The lowest BCUT2D eigenvalue weighted by Crippen LogP contribution is -2.38. The maximum atomic E-state index is 5.51. The molecule has 0 bridgehead atoms. The SMILES string of the molecule is c1cnc(NCC2CCN(c3nc(N4CCOCC4)cc4ncccc34)CC2)nc1. The van der Waals surface area contributed by atoms with Crippen molar-refractivity contribution in [3.05, 3.63) is 42.9 Å². The maximum Gasteiger partial charge on any atom is 0.222 e. The summed E-state index contributed by atoms with van der Waals surface area (Å²) in [7, 11) is 0. The lowest BCUT2D eigenvalue weighted by Gasteiger charge is -2.34. The van der Waals surface area contributed by atoms with Crippen LogP contribution in [0.2, 0.25) is 0 Å². The van der Waals surface area contributed by atoms with Gasteiger partial charge in [0.1, 0.15) is 11.6 Å². The molecule has 0 radical (unpaired) electrons. The Balaban J connectivity index is 1.31. The molecule has 1 N–H and O–H groups in total. The minimum Gasteiger partial charge on any atom is -0.378 e. The van der Waals surface area contributed by atoms with Crippen molar-refractivity contribution >= 4 is 28.5 Å². The van der Waals surface area contributed by atoms with Crippen LogP contribution in [0.1, 0.15) is 12.8 Å². The summed E-state index contributed by atoms with van der Waals surface area (Å²) in [6.45, 7) is 6.14. The molecule has 3 aromatic heterocycles. The molecule has 8 heteroatoms. The lowest BCUT2D eigenvalue weighted by atomic mass is 9.96. The predicted octanol–water partition coefficient (Wildman–Crippen LogP) is 2.58. The summed E-state index contributed by atoms with van der Waals surface area (Å²) in [5.41, 5.74) is 1.01. The van der Waals surface area contributed by atoms with Gasteiger partial charge in [-0.05, 0) is 37.0 Å². The molecule has 30 heavy (non-hydrogen) atoms. The van der Waals surface area contributed by atoms with Gasteiger partial charge in [0.2, 0.25) is 5.95 Å². The van der Waals surface area contributed by atoms with Gasteiger partial charge in [0.15, 0.2) is 0 Å². The van der Waals surface area contributed by atoms with Crippen LogP contribution in [0.4, 0.5) is 17.6 Å². The monoisotopic (exact) mass is 405 g/mol. The van der Waals surface area contributed by atoms with E-state index in [4.69, 9.17) is 9.72 Å².